The molecule has 80 valence electrons. The van der Waals surface area contributed by atoms with Gasteiger partial charge in [0.2, 0.25) is 0 Å². The van der Waals surface area contributed by atoms with Gasteiger partial charge < -0.3 is 18.9 Å². The Morgan fingerprint density at radius 3 is 2.57 bits per heavy atom. The van der Waals surface area contributed by atoms with E-state index in [1.807, 2.05) is 0 Å². The number of cyclic esters (lactones) is 2. The Labute approximate surface area is 81.1 Å². The fourth-order valence-corrected chi connectivity index (χ4v) is 0.925. The average molecular weight is 204 g/mol. The molecule has 1 heterocycles. The minimum atomic E-state index is -0.761. The zero-order valence-corrected chi connectivity index (χ0v) is 8.07. The fraction of sp³-hybridized carbons (Fsp3) is 0.750. The maximum atomic E-state index is 10.7. The van der Waals surface area contributed by atoms with Gasteiger partial charge in [-0.1, -0.05) is 0 Å². The van der Waals surface area contributed by atoms with Gasteiger partial charge in [-0.25, -0.2) is 9.59 Å². The van der Waals surface area contributed by atoms with Crippen molar-refractivity contribution in [3.63, 3.8) is 0 Å². The SMILES string of the molecule is COC(=O)OCC1(C)COC(=O)OC1. The Bertz CT molecular complexity index is 226. The molecule has 1 aliphatic heterocycles. The molecule has 6 heteroatoms. The predicted octanol–water partition coefficient (Wildman–Crippen LogP) is 0.943. The fourth-order valence-electron chi connectivity index (χ4n) is 0.925. The second-order valence-corrected chi connectivity index (χ2v) is 3.38. The van der Waals surface area contributed by atoms with Crippen LogP contribution in [0.25, 0.3) is 0 Å². The zero-order valence-electron chi connectivity index (χ0n) is 8.07. The lowest BCUT2D eigenvalue weighted by Gasteiger charge is -2.30. The summed E-state index contributed by atoms with van der Waals surface area (Å²) in [5.41, 5.74) is -0.498. The summed E-state index contributed by atoms with van der Waals surface area (Å²) in [5, 5.41) is 0. The standard InChI is InChI=1S/C8H12O6/c1-8(3-12-6(9)11-2)4-13-7(10)14-5-8/h3-5H2,1-2H3. The number of ether oxygens (including phenoxy) is 4. The first-order chi connectivity index (χ1) is 6.56. The normalized spacial score (nSPS) is 19.1. The third kappa shape index (κ3) is 2.79. The van der Waals surface area contributed by atoms with Crippen molar-refractivity contribution in [2.45, 2.75) is 6.92 Å². The van der Waals surface area contributed by atoms with E-state index < -0.39 is 17.7 Å². The first-order valence-electron chi connectivity index (χ1n) is 4.06. The van der Waals surface area contributed by atoms with Gasteiger partial charge in [-0.05, 0) is 6.92 Å². The summed E-state index contributed by atoms with van der Waals surface area (Å²) < 4.78 is 18.4. The molecule has 0 amide bonds. The van der Waals surface area contributed by atoms with Crippen molar-refractivity contribution in [2.75, 3.05) is 26.9 Å². The summed E-state index contributed by atoms with van der Waals surface area (Å²) in [7, 11) is 1.22. The predicted molar refractivity (Wildman–Crippen MR) is 43.8 cm³/mol. The Morgan fingerprint density at radius 2 is 2.07 bits per heavy atom. The molecule has 0 atom stereocenters. The minimum absolute atomic E-state index is 0.0902. The molecule has 0 aromatic carbocycles. The average Bonchev–Trinajstić information content (AvgIpc) is 2.20. The van der Waals surface area contributed by atoms with Crippen LogP contribution in [0, 0.1) is 5.41 Å². The lowest BCUT2D eigenvalue weighted by Crippen LogP contribution is -2.41. The van der Waals surface area contributed by atoms with Crippen LogP contribution in [0.3, 0.4) is 0 Å². The summed E-state index contributed by atoms with van der Waals surface area (Å²) >= 11 is 0. The van der Waals surface area contributed by atoms with Gasteiger partial charge in [-0.15, -0.1) is 0 Å². The maximum Gasteiger partial charge on any atom is 0.508 e. The molecule has 0 aromatic heterocycles. The highest BCUT2D eigenvalue weighted by Crippen LogP contribution is 2.22. The lowest BCUT2D eigenvalue weighted by atomic mass is 9.94. The number of hydrogen-bond acceptors (Lipinski definition) is 6. The topological polar surface area (TPSA) is 71.1 Å². The summed E-state index contributed by atoms with van der Waals surface area (Å²) in [4.78, 5) is 21.2. The highest BCUT2D eigenvalue weighted by atomic mass is 16.7. The first-order valence-corrected chi connectivity index (χ1v) is 4.06. The van der Waals surface area contributed by atoms with Crippen molar-refractivity contribution < 1.29 is 28.5 Å². The van der Waals surface area contributed by atoms with Crippen molar-refractivity contribution in [2.24, 2.45) is 5.41 Å². The van der Waals surface area contributed by atoms with Crippen LogP contribution in [0.1, 0.15) is 6.92 Å². The molecule has 6 nitrogen and oxygen atoms in total. The van der Waals surface area contributed by atoms with Crippen LogP contribution in [0.4, 0.5) is 9.59 Å². The van der Waals surface area contributed by atoms with Crippen molar-refractivity contribution in [3.8, 4) is 0 Å². The molecule has 0 aromatic rings. The van der Waals surface area contributed by atoms with E-state index in [2.05, 4.69) is 14.2 Å². The molecule has 1 aliphatic rings. The Kier molecular flexibility index (Phi) is 3.16. The van der Waals surface area contributed by atoms with Crippen LogP contribution >= 0.6 is 0 Å². The van der Waals surface area contributed by atoms with Crippen molar-refractivity contribution in [1.29, 1.82) is 0 Å². The summed E-state index contributed by atoms with van der Waals surface area (Å²) in [6.45, 7) is 2.21. The Hall–Kier alpha value is -1.46. The van der Waals surface area contributed by atoms with Crippen LogP contribution in [-0.4, -0.2) is 39.2 Å². The maximum absolute atomic E-state index is 10.7. The largest absolute Gasteiger partial charge is 0.508 e. The molecule has 0 saturated carbocycles. The molecule has 1 saturated heterocycles. The second kappa shape index (κ2) is 4.17. The van der Waals surface area contributed by atoms with E-state index in [0.717, 1.165) is 0 Å². The van der Waals surface area contributed by atoms with E-state index in [1.54, 1.807) is 6.92 Å². The van der Waals surface area contributed by atoms with Gasteiger partial charge in [-0.2, -0.15) is 0 Å². The van der Waals surface area contributed by atoms with Crippen LogP contribution in [0.5, 0.6) is 0 Å². The molecule has 0 spiro atoms. The quantitative estimate of drug-likeness (QED) is 0.623. The van der Waals surface area contributed by atoms with Gasteiger partial charge in [0.15, 0.2) is 0 Å². The van der Waals surface area contributed by atoms with Crippen LogP contribution in [0.15, 0.2) is 0 Å². The third-order valence-electron chi connectivity index (χ3n) is 1.78. The monoisotopic (exact) mass is 204 g/mol. The van der Waals surface area contributed by atoms with Crippen LogP contribution < -0.4 is 0 Å². The second-order valence-electron chi connectivity index (χ2n) is 3.38. The number of carbonyl (C=O) groups is 2. The van der Waals surface area contributed by atoms with Crippen molar-refractivity contribution in [1.82, 2.24) is 0 Å². The number of methoxy groups -OCH3 is 1. The molecule has 0 bridgehead atoms. The van der Waals surface area contributed by atoms with E-state index in [9.17, 15) is 9.59 Å². The van der Waals surface area contributed by atoms with Crippen LogP contribution in [-0.2, 0) is 18.9 Å². The smallest absolute Gasteiger partial charge is 0.438 e. The highest BCUT2D eigenvalue weighted by molar-refractivity contribution is 5.61. The summed E-state index contributed by atoms with van der Waals surface area (Å²) in [6.07, 6.45) is -1.45. The lowest BCUT2D eigenvalue weighted by molar-refractivity contribution is -0.0784. The molecule has 0 N–H and O–H groups in total. The number of rotatable bonds is 2. The Morgan fingerprint density at radius 1 is 1.50 bits per heavy atom. The number of hydrogen-bond donors (Lipinski definition) is 0. The summed E-state index contributed by atoms with van der Waals surface area (Å²) in [5.74, 6) is 0. The van der Waals surface area contributed by atoms with E-state index in [4.69, 9.17) is 4.74 Å². The van der Waals surface area contributed by atoms with E-state index >= 15 is 0 Å². The van der Waals surface area contributed by atoms with E-state index in [0.29, 0.717) is 0 Å². The molecular weight excluding hydrogens is 192 g/mol. The van der Waals surface area contributed by atoms with Gasteiger partial charge >= 0.3 is 12.3 Å². The molecular formula is C8H12O6. The van der Waals surface area contributed by atoms with E-state index in [1.165, 1.54) is 7.11 Å². The third-order valence-corrected chi connectivity index (χ3v) is 1.78. The van der Waals surface area contributed by atoms with Gasteiger partial charge in [0, 0.05) is 0 Å². The van der Waals surface area contributed by atoms with Crippen molar-refractivity contribution >= 4 is 12.3 Å². The molecule has 1 fully saturated rings. The molecule has 14 heavy (non-hydrogen) atoms. The van der Waals surface area contributed by atoms with Crippen molar-refractivity contribution in [3.05, 3.63) is 0 Å². The molecule has 0 radical (unpaired) electrons. The van der Waals surface area contributed by atoms with E-state index in [-0.39, 0.29) is 19.8 Å². The van der Waals surface area contributed by atoms with Gasteiger partial charge in [0.1, 0.15) is 19.8 Å². The molecule has 1 rings (SSSR count). The molecule has 0 aliphatic carbocycles. The number of carbonyl (C=O) groups excluding carboxylic acids is 2. The van der Waals surface area contributed by atoms with Gasteiger partial charge in [-0.3, -0.25) is 0 Å². The summed E-state index contributed by atoms with van der Waals surface area (Å²) in [6, 6.07) is 0. The first kappa shape index (κ1) is 10.6. The van der Waals surface area contributed by atoms with Crippen LogP contribution in [0.2, 0.25) is 0 Å². The zero-order chi connectivity index (χ0) is 10.6. The van der Waals surface area contributed by atoms with Gasteiger partial charge in [0.05, 0.1) is 12.5 Å². The minimum Gasteiger partial charge on any atom is -0.438 e. The van der Waals surface area contributed by atoms with Gasteiger partial charge in [0.25, 0.3) is 0 Å². The highest BCUT2D eigenvalue weighted by Gasteiger charge is 2.34. The Balaban J connectivity index is 2.35. The molecule has 0 unspecified atom stereocenters.